The van der Waals surface area contributed by atoms with Crippen molar-refractivity contribution in [3.8, 4) is 0 Å². The Balaban J connectivity index is 1.63. The fraction of sp³-hybridized carbons (Fsp3) is 0.947. The molecular formula is C19H37N3O3S. The number of nitrogens with zero attached hydrogens (tertiary/aromatic N) is 3. The number of hydrogen-bond acceptors (Lipinski definition) is 4. The molecule has 2 aliphatic heterocycles. The summed E-state index contributed by atoms with van der Waals surface area (Å²) in [5.74, 6) is 0.357. The predicted molar refractivity (Wildman–Crippen MR) is 106 cm³/mol. The van der Waals surface area contributed by atoms with E-state index in [-0.39, 0.29) is 17.1 Å². The summed E-state index contributed by atoms with van der Waals surface area (Å²) in [7, 11) is -3.13. The van der Waals surface area contributed by atoms with Gasteiger partial charge in [0.25, 0.3) is 0 Å². The second-order valence-corrected chi connectivity index (χ2v) is 11.0. The van der Waals surface area contributed by atoms with Gasteiger partial charge < -0.3 is 4.90 Å². The van der Waals surface area contributed by atoms with Crippen LogP contribution in [0.2, 0.25) is 0 Å². The first-order valence-corrected chi connectivity index (χ1v) is 11.8. The Kier molecular flexibility index (Phi) is 7.91. The number of hydrogen-bond donors (Lipinski definition) is 0. The minimum atomic E-state index is -3.13. The summed E-state index contributed by atoms with van der Waals surface area (Å²) in [6, 6.07) is 0. The fourth-order valence-corrected chi connectivity index (χ4v) is 5.46. The maximum Gasteiger partial charge on any atom is 0.222 e. The van der Waals surface area contributed by atoms with Crippen LogP contribution in [0.3, 0.4) is 0 Å². The molecule has 7 heteroatoms. The summed E-state index contributed by atoms with van der Waals surface area (Å²) >= 11 is 0. The second-order valence-electron chi connectivity index (χ2n) is 8.95. The molecule has 0 aromatic rings. The zero-order valence-corrected chi connectivity index (χ0v) is 17.7. The van der Waals surface area contributed by atoms with Crippen molar-refractivity contribution >= 4 is 15.9 Å². The molecule has 0 aromatic heterocycles. The lowest BCUT2D eigenvalue weighted by Gasteiger charge is -2.37. The Morgan fingerprint density at radius 1 is 0.885 bits per heavy atom. The molecular weight excluding hydrogens is 350 g/mol. The number of rotatable bonds is 7. The number of piperidine rings is 1. The van der Waals surface area contributed by atoms with Gasteiger partial charge in [-0.05, 0) is 31.1 Å². The van der Waals surface area contributed by atoms with Crippen molar-refractivity contribution in [1.29, 1.82) is 0 Å². The van der Waals surface area contributed by atoms with Crippen LogP contribution in [-0.2, 0) is 14.8 Å². The van der Waals surface area contributed by atoms with E-state index in [9.17, 15) is 13.2 Å². The third-order valence-corrected chi connectivity index (χ3v) is 7.13. The monoisotopic (exact) mass is 387 g/mol. The van der Waals surface area contributed by atoms with Crippen molar-refractivity contribution < 1.29 is 13.2 Å². The van der Waals surface area contributed by atoms with E-state index in [1.54, 1.807) is 4.31 Å². The van der Waals surface area contributed by atoms with Crippen molar-refractivity contribution in [1.82, 2.24) is 14.1 Å². The van der Waals surface area contributed by atoms with Crippen molar-refractivity contribution in [2.75, 3.05) is 51.6 Å². The van der Waals surface area contributed by atoms with Crippen molar-refractivity contribution in [2.24, 2.45) is 5.41 Å². The molecule has 0 N–H and O–H groups in total. The van der Waals surface area contributed by atoms with Gasteiger partial charge in [0.15, 0.2) is 0 Å². The topological polar surface area (TPSA) is 60.9 Å². The molecule has 0 aliphatic carbocycles. The minimum Gasteiger partial charge on any atom is -0.340 e. The van der Waals surface area contributed by atoms with Gasteiger partial charge >= 0.3 is 0 Å². The van der Waals surface area contributed by atoms with Gasteiger partial charge in [0, 0.05) is 52.2 Å². The molecule has 1 amide bonds. The van der Waals surface area contributed by atoms with Crippen LogP contribution in [0.25, 0.3) is 0 Å². The van der Waals surface area contributed by atoms with Crippen LogP contribution in [0.1, 0.15) is 59.3 Å². The Hall–Kier alpha value is -0.660. The highest BCUT2D eigenvalue weighted by atomic mass is 32.2. The largest absolute Gasteiger partial charge is 0.340 e. The van der Waals surface area contributed by atoms with Crippen LogP contribution >= 0.6 is 0 Å². The maximum absolute atomic E-state index is 12.4. The van der Waals surface area contributed by atoms with Crippen LogP contribution < -0.4 is 0 Å². The van der Waals surface area contributed by atoms with Gasteiger partial charge in [0.05, 0.1) is 5.75 Å². The highest BCUT2D eigenvalue weighted by Crippen LogP contribution is 2.17. The van der Waals surface area contributed by atoms with E-state index in [0.29, 0.717) is 32.4 Å². The highest BCUT2D eigenvalue weighted by molar-refractivity contribution is 7.89. The zero-order chi connectivity index (χ0) is 19.2. The van der Waals surface area contributed by atoms with Crippen molar-refractivity contribution in [3.05, 3.63) is 0 Å². The average molecular weight is 388 g/mol. The van der Waals surface area contributed by atoms with Gasteiger partial charge in [-0.25, -0.2) is 12.7 Å². The van der Waals surface area contributed by atoms with Crippen LogP contribution in [0.5, 0.6) is 0 Å². The average Bonchev–Trinajstić information content (AvgIpc) is 2.58. The lowest BCUT2D eigenvalue weighted by atomic mass is 9.96. The van der Waals surface area contributed by atoms with E-state index in [1.807, 2.05) is 4.90 Å². The maximum atomic E-state index is 12.4. The van der Waals surface area contributed by atoms with E-state index in [2.05, 4.69) is 25.7 Å². The fourth-order valence-electron chi connectivity index (χ4n) is 3.82. The zero-order valence-electron chi connectivity index (χ0n) is 16.9. The number of carbonyl (C=O) groups is 1. The first-order valence-electron chi connectivity index (χ1n) is 10.2. The van der Waals surface area contributed by atoms with Crippen LogP contribution in [0.4, 0.5) is 0 Å². The van der Waals surface area contributed by atoms with Crippen LogP contribution in [-0.4, -0.2) is 80.0 Å². The number of amides is 1. The molecule has 0 saturated carbocycles. The SMILES string of the molecule is CC(C)(C)CN1CCN(C(=O)CCCCS(=O)(=O)N2CCCCC2)CC1. The quantitative estimate of drug-likeness (QED) is 0.628. The van der Waals surface area contributed by atoms with E-state index in [0.717, 1.165) is 52.0 Å². The van der Waals surface area contributed by atoms with Gasteiger partial charge in [0.1, 0.15) is 0 Å². The number of unbranched alkanes of at least 4 members (excludes halogenated alkanes) is 1. The molecule has 2 aliphatic rings. The Morgan fingerprint density at radius 2 is 1.50 bits per heavy atom. The van der Waals surface area contributed by atoms with Gasteiger partial charge in [-0.3, -0.25) is 9.69 Å². The summed E-state index contributed by atoms with van der Waals surface area (Å²) in [4.78, 5) is 16.7. The highest BCUT2D eigenvalue weighted by Gasteiger charge is 2.25. The molecule has 6 nitrogen and oxygen atoms in total. The van der Waals surface area contributed by atoms with E-state index < -0.39 is 10.0 Å². The first-order chi connectivity index (χ1) is 12.2. The van der Waals surface area contributed by atoms with Gasteiger partial charge in [-0.1, -0.05) is 27.2 Å². The smallest absolute Gasteiger partial charge is 0.222 e. The summed E-state index contributed by atoms with van der Waals surface area (Å²) in [5.41, 5.74) is 0.284. The van der Waals surface area contributed by atoms with Crippen molar-refractivity contribution in [3.63, 3.8) is 0 Å². The normalized spacial score (nSPS) is 21.1. The third kappa shape index (κ3) is 7.16. The lowest BCUT2D eigenvalue weighted by molar-refractivity contribution is -0.133. The number of piperazine rings is 1. The standard InChI is InChI=1S/C19H37N3O3S/c1-19(2,3)17-20-12-14-21(15-13-20)18(23)9-5-8-16-26(24,25)22-10-6-4-7-11-22/h4-17H2,1-3H3. The first kappa shape index (κ1) is 21.6. The summed E-state index contributed by atoms with van der Waals surface area (Å²) in [6.45, 7) is 12.6. The molecule has 152 valence electrons. The van der Waals surface area contributed by atoms with E-state index >= 15 is 0 Å². The Labute approximate surface area is 159 Å². The van der Waals surface area contributed by atoms with Crippen molar-refractivity contribution in [2.45, 2.75) is 59.3 Å². The van der Waals surface area contributed by atoms with Gasteiger partial charge in [-0.15, -0.1) is 0 Å². The second kappa shape index (κ2) is 9.51. The Bertz CT molecular complexity index is 543. The minimum absolute atomic E-state index is 0.177. The molecule has 0 atom stereocenters. The molecule has 0 bridgehead atoms. The molecule has 0 radical (unpaired) electrons. The molecule has 26 heavy (non-hydrogen) atoms. The molecule has 0 unspecified atom stereocenters. The lowest BCUT2D eigenvalue weighted by Crippen LogP contribution is -2.50. The van der Waals surface area contributed by atoms with E-state index in [1.165, 1.54) is 0 Å². The molecule has 2 heterocycles. The molecule has 2 fully saturated rings. The Morgan fingerprint density at radius 3 is 2.08 bits per heavy atom. The third-order valence-electron chi connectivity index (χ3n) is 5.17. The summed E-state index contributed by atoms with van der Waals surface area (Å²) in [5, 5.41) is 0. The molecule has 0 aromatic carbocycles. The molecule has 0 spiro atoms. The number of sulfonamides is 1. The summed E-state index contributed by atoms with van der Waals surface area (Å²) < 4.78 is 26.2. The van der Waals surface area contributed by atoms with Gasteiger partial charge in [-0.2, -0.15) is 0 Å². The van der Waals surface area contributed by atoms with Crippen LogP contribution in [0.15, 0.2) is 0 Å². The van der Waals surface area contributed by atoms with E-state index in [4.69, 9.17) is 0 Å². The summed E-state index contributed by atoms with van der Waals surface area (Å²) in [6.07, 6.45) is 4.78. The predicted octanol–water partition coefficient (Wildman–Crippen LogP) is 2.16. The van der Waals surface area contributed by atoms with Crippen LogP contribution in [0, 0.1) is 5.41 Å². The molecule has 2 saturated heterocycles. The molecule has 2 rings (SSSR count). The van der Waals surface area contributed by atoms with Gasteiger partial charge in [0.2, 0.25) is 15.9 Å². The number of carbonyl (C=O) groups excluding carboxylic acids is 1.